The first-order valence-corrected chi connectivity index (χ1v) is 8.05. The second-order valence-electron chi connectivity index (χ2n) is 7.06. The third kappa shape index (κ3) is 2.58. The summed E-state index contributed by atoms with van der Waals surface area (Å²) in [5.41, 5.74) is 1.50. The monoisotopic (exact) mass is 289 g/mol. The molecule has 0 aromatic heterocycles. The molecule has 2 aliphatic rings. The maximum absolute atomic E-state index is 5.99. The van der Waals surface area contributed by atoms with E-state index in [9.17, 15) is 0 Å². The Bertz CT molecular complexity index is 500. The van der Waals surface area contributed by atoms with Gasteiger partial charge in [0.2, 0.25) is 0 Å². The summed E-state index contributed by atoms with van der Waals surface area (Å²) in [5.74, 6) is 1.59. The standard InChI is InChI=1S/C18H27NO2/c1-12(13-7-5-8-14(11-13)20-4)19-16-15-9-6-10-21-17(15)18(16,2)3/h5,7-8,11-12,15-17,19H,6,9-10H2,1-4H3. The zero-order valence-electron chi connectivity index (χ0n) is 13.6. The van der Waals surface area contributed by atoms with Gasteiger partial charge < -0.3 is 14.8 Å². The molecule has 0 bridgehead atoms. The van der Waals surface area contributed by atoms with Gasteiger partial charge in [0.05, 0.1) is 13.2 Å². The van der Waals surface area contributed by atoms with Crippen molar-refractivity contribution in [2.24, 2.45) is 11.3 Å². The average molecular weight is 289 g/mol. The van der Waals surface area contributed by atoms with Gasteiger partial charge in [0.25, 0.3) is 0 Å². The second kappa shape index (κ2) is 5.62. The molecular weight excluding hydrogens is 262 g/mol. The van der Waals surface area contributed by atoms with Gasteiger partial charge in [-0.05, 0) is 37.5 Å². The van der Waals surface area contributed by atoms with E-state index in [2.05, 4.69) is 44.3 Å². The van der Waals surface area contributed by atoms with Gasteiger partial charge in [-0.15, -0.1) is 0 Å². The number of rotatable bonds is 4. The van der Waals surface area contributed by atoms with Crippen LogP contribution in [0, 0.1) is 11.3 Å². The highest BCUT2D eigenvalue weighted by Gasteiger charge is 2.57. The minimum absolute atomic E-state index is 0.220. The molecule has 3 nitrogen and oxygen atoms in total. The highest BCUT2D eigenvalue weighted by molar-refractivity contribution is 5.30. The number of benzene rings is 1. The highest BCUT2D eigenvalue weighted by atomic mass is 16.5. The minimum Gasteiger partial charge on any atom is -0.497 e. The smallest absolute Gasteiger partial charge is 0.119 e. The van der Waals surface area contributed by atoms with Crippen molar-refractivity contribution < 1.29 is 9.47 Å². The molecular formula is C18H27NO2. The fraction of sp³-hybridized carbons (Fsp3) is 0.667. The summed E-state index contributed by atoms with van der Waals surface area (Å²) in [4.78, 5) is 0. The van der Waals surface area contributed by atoms with Crippen molar-refractivity contribution in [3.63, 3.8) is 0 Å². The molecule has 1 aromatic rings. The molecule has 4 atom stereocenters. The Morgan fingerprint density at radius 1 is 1.38 bits per heavy atom. The largest absolute Gasteiger partial charge is 0.497 e. The van der Waals surface area contributed by atoms with Crippen LogP contribution in [0.15, 0.2) is 24.3 Å². The molecule has 0 amide bonds. The van der Waals surface area contributed by atoms with Crippen LogP contribution in [-0.4, -0.2) is 25.9 Å². The fourth-order valence-electron chi connectivity index (χ4n) is 4.14. The first-order valence-electron chi connectivity index (χ1n) is 8.05. The molecule has 1 aromatic carbocycles. The topological polar surface area (TPSA) is 30.5 Å². The molecule has 3 heteroatoms. The summed E-state index contributed by atoms with van der Waals surface area (Å²) >= 11 is 0. The quantitative estimate of drug-likeness (QED) is 0.919. The van der Waals surface area contributed by atoms with E-state index in [0.29, 0.717) is 24.1 Å². The summed E-state index contributed by atoms with van der Waals surface area (Å²) in [6.07, 6.45) is 2.92. The molecule has 0 radical (unpaired) electrons. The van der Waals surface area contributed by atoms with Crippen molar-refractivity contribution in [1.82, 2.24) is 5.32 Å². The summed E-state index contributed by atoms with van der Waals surface area (Å²) < 4.78 is 11.3. The molecule has 1 N–H and O–H groups in total. The lowest BCUT2D eigenvalue weighted by atomic mass is 9.55. The van der Waals surface area contributed by atoms with E-state index >= 15 is 0 Å². The van der Waals surface area contributed by atoms with Crippen LogP contribution in [0.2, 0.25) is 0 Å². The van der Waals surface area contributed by atoms with E-state index in [-0.39, 0.29) is 5.41 Å². The van der Waals surface area contributed by atoms with Crippen LogP contribution in [0.4, 0.5) is 0 Å². The Morgan fingerprint density at radius 3 is 2.95 bits per heavy atom. The van der Waals surface area contributed by atoms with Crippen molar-refractivity contribution in [3.8, 4) is 5.75 Å². The van der Waals surface area contributed by atoms with Gasteiger partial charge in [-0.2, -0.15) is 0 Å². The van der Waals surface area contributed by atoms with E-state index in [1.54, 1.807) is 7.11 Å². The molecule has 2 fully saturated rings. The first-order chi connectivity index (χ1) is 10.0. The van der Waals surface area contributed by atoms with Gasteiger partial charge in [0.1, 0.15) is 5.75 Å². The Kier molecular flexibility index (Phi) is 3.98. The molecule has 1 saturated heterocycles. The third-order valence-electron chi connectivity index (χ3n) is 5.35. The summed E-state index contributed by atoms with van der Waals surface area (Å²) in [6, 6.07) is 9.20. The molecule has 1 aliphatic carbocycles. The zero-order valence-corrected chi connectivity index (χ0v) is 13.6. The molecule has 116 valence electrons. The molecule has 1 aliphatic heterocycles. The number of fused-ring (bicyclic) bond motifs is 1. The normalized spacial score (nSPS) is 31.9. The molecule has 1 saturated carbocycles. The number of hydrogen-bond donors (Lipinski definition) is 1. The summed E-state index contributed by atoms with van der Waals surface area (Å²) in [6.45, 7) is 7.83. The van der Waals surface area contributed by atoms with E-state index < -0.39 is 0 Å². The Hall–Kier alpha value is -1.06. The predicted molar refractivity (Wildman–Crippen MR) is 84.6 cm³/mol. The average Bonchev–Trinajstić information content (AvgIpc) is 2.52. The summed E-state index contributed by atoms with van der Waals surface area (Å²) in [5, 5.41) is 3.84. The Morgan fingerprint density at radius 2 is 2.19 bits per heavy atom. The maximum Gasteiger partial charge on any atom is 0.119 e. The van der Waals surface area contributed by atoms with Crippen molar-refractivity contribution in [2.75, 3.05) is 13.7 Å². The van der Waals surface area contributed by atoms with Crippen LogP contribution in [0.1, 0.15) is 45.2 Å². The Balaban J connectivity index is 1.70. The van der Waals surface area contributed by atoms with Crippen molar-refractivity contribution >= 4 is 0 Å². The number of methoxy groups -OCH3 is 1. The summed E-state index contributed by atoms with van der Waals surface area (Å²) in [7, 11) is 1.72. The highest BCUT2D eigenvalue weighted by Crippen LogP contribution is 2.51. The van der Waals surface area contributed by atoms with Crippen molar-refractivity contribution in [1.29, 1.82) is 0 Å². The van der Waals surface area contributed by atoms with Crippen LogP contribution in [-0.2, 0) is 4.74 Å². The van der Waals surface area contributed by atoms with E-state index in [1.165, 1.54) is 18.4 Å². The SMILES string of the molecule is COc1cccc(C(C)NC2C3CCCOC3C2(C)C)c1. The molecule has 0 spiro atoms. The lowest BCUT2D eigenvalue weighted by molar-refractivity contribution is -0.194. The van der Waals surface area contributed by atoms with E-state index in [1.807, 2.05) is 6.07 Å². The van der Waals surface area contributed by atoms with E-state index in [4.69, 9.17) is 9.47 Å². The molecule has 1 heterocycles. The molecule has 4 unspecified atom stereocenters. The van der Waals surface area contributed by atoms with Gasteiger partial charge in [-0.25, -0.2) is 0 Å². The third-order valence-corrected chi connectivity index (χ3v) is 5.35. The lowest BCUT2D eigenvalue weighted by Gasteiger charge is -2.60. The first kappa shape index (κ1) is 14.9. The van der Waals surface area contributed by atoms with Crippen LogP contribution in [0.3, 0.4) is 0 Å². The number of nitrogens with one attached hydrogen (secondary N) is 1. The number of hydrogen-bond acceptors (Lipinski definition) is 3. The molecule has 21 heavy (non-hydrogen) atoms. The van der Waals surface area contributed by atoms with Crippen LogP contribution in [0.5, 0.6) is 5.75 Å². The van der Waals surface area contributed by atoms with Gasteiger partial charge in [0, 0.05) is 30.0 Å². The van der Waals surface area contributed by atoms with Crippen LogP contribution < -0.4 is 10.1 Å². The minimum atomic E-state index is 0.220. The zero-order chi connectivity index (χ0) is 15.0. The second-order valence-corrected chi connectivity index (χ2v) is 7.06. The fourth-order valence-corrected chi connectivity index (χ4v) is 4.14. The Labute approximate surface area is 128 Å². The predicted octanol–water partition coefficient (Wildman–Crippen LogP) is 3.55. The number of ether oxygens (including phenoxy) is 2. The molecule has 3 rings (SSSR count). The van der Waals surface area contributed by atoms with Gasteiger partial charge in [-0.3, -0.25) is 0 Å². The van der Waals surface area contributed by atoms with Crippen LogP contribution >= 0.6 is 0 Å². The van der Waals surface area contributed by atoms with Crippen molar-refractivity contribution in [3.05, 3.63) is 29.8 Å². The van der Waals surface area contributed by atoms with Crippen molar-refractivity contribution in [2.45, 2.75) is 51.8 Å². The lowest BCUT2D eigenvalue weighted by Crippen LogP contribution is -2.69. The van der Waals surface area contributed by atoms with Gasteiger partial charge in [-0.1, -0.05) is 26.0 Å². The maximum atomic E-state index is 5.99. The van der Waals surface area contributed by atoms with E-state index in [0.717, 1.165) is 12.4 Å². The van der Waals surface area contributed by atoms with Crippen LogP contribution in [0.25, 0.3) is 0 Å². The van der Waals surface area contributed by atoms with Gasteiger partial charge >= 0.3 is 0 Å². The van der Waals surface area contributed by atoms with Gasteiger partial charge in [0.15, 0.2) is 0 Å².